The molecule has 1 aliphatic carbocycles. The lowest BCUT2D eigenvalue weighted by Gasteiger charge is -2.25. The Balaban J connectivity index is 1.77. The van der Waals surface area contributed by atoms with Gasteiger partial charge in [-0.15, -0.1) is 0 Å². The molecular weight excluding hydrogens is 240 g/mol. The van der Waals surface area contributed by atoms with E-state index in [1.165, 1.54) is 5.56 Å². The van der Waals surface area contributed by atoms with Gasteiger partial charge in [0.2, 0.25) is 0 Å². The molecule has 0 saturated heterocycles. The summed E-state index contributed by atoms with van der Waals surface area (Å²) in [6.07, 6.45) is 6.22. The summed E-state index contributed by atoms with van der Waals surface area (Å²) >= 11 is 0. The van der Waals surface area contributed by atoms with E-state index < -0.39 is 8.32 Å². The van der Waals surface area contributed by atoms with Gasteiger partial charge in [0.15, 0.2) is 14.1 Å². The van der Waals surface area contributed by atoms with E-state index >= 15 is 0 Å². The van der Waals surface area contributed by atoms with Crippen LogP contribution in [0.25, 0.3) is 6.08 Å². The highest BCUT2D eigenvalue weighted by Crippen LogP contribution is 2.42. The molecule has 1 fully saturated rings. The van der Waals surface area contributed by atoms with Crippen LogP contribution in [0, 0.1) is 0 Å². The molecule has 0 aromatic heterocycles. The van der Waals surface area contributed by atoms with Gasteiger partial charge in [0, 0.05) is 12.8 Å². The minimum atomic E-state index is -1.50. The summed E-state index contributed by atoms with van der Waals surface area (Å²) in [5, 5.41) is 0. The second kappa shape index (κ2) is 5.39. The minimum Gasteiger partial charge on any atom is -0.391 e. The van der Waals surface area contributed by atoms with Crippen molar-refractivity contribution in [3.8, 4) is 0 Å². The fourth-order valence-corrected chi connectivity index (χ4v) is 3.26. The van der Waals surface area contributed by atoms with Gasteiger partial charge in [-0.3, -0.25) is 0 Å². The first-order chi connectivity index (χ1) is 8.49. The van der Waals surface area contributed by atoms with Gasteiger partial charge in [-0.1, -0.05) is 42.5 Å². The van der Waals surface area contributed by atoms with Crippen LogP contribution in [0.1, 0.15) is 18.4 Å². The van der Waals surface area contributed by atoms with Crippen LogP contribution in [0.3, 0.4) is 0 Å². The summed E-state index contributed by atoms with van der Waals surface area (Å²) in [5.41, 5.74) is 1.21. The summed E-state index contributed by atoms with van der Waals surface area (Å²) in [6.45, 7) is 7.24. The zero-order valence-corrected chi connectivity index (χ0v) is 12.5. The second-order valence-corrected chi connectivity index (χ2v) is 10.2. The molecule has 18 heavy (non-hydrogen) atoms. The molecule has 3 heteroatoms. The normalized spacial score (nSPS) is 18.2. The van der Waals surface area contributed by atoms with E-state index in [2.05, 4.69) is 43.9 Å². The highest BCUT2D eigenvalue weighted by molar-refractivity contribution is 6.69. The monoisotopic (exact) mass is 262 g/mol. The van der Waals surface area contributed by atoms with Gasteiger partial charge in [0.05, 0.1) is 6.61 Å². The average Bonchev–Trinajstić information content (AvgIpc) is 3.04. The molecule has 0 amide bonds. The summed E-state index contributed by atoms with van der Waals surface area (Å²) in [5.74, 6) is -0.258. The van der Waals surface area contributed by atoms with Crippen molar-refractivity contribution < 1.29 is 9.16 Å². The maximum atomic E-state index is 6.07. The van der Waals surface area contributed by atoms with Crippen LogP contribution in [0.4, 0.5) is 0 Å². The number of rotatable bonds is 6. The van der Waals surface area contributed by atoms with Crippen molar-refractivity contribution in [2.24, 2.45) is 0 Å². The van der Waals surface area contributed by atoms with E-state index in [0.717, 1.165) is 12.8 Å². The van der Waals surface area contributed by atoms with Gasteiger partial charge in [-0.05, 0) is 25.2 Å². The van der Waals surface area contributed by atoms with Crippen molar-refractivity contribution >= 4 is 14.4 Å². The van der Waals surface area contributed by atoms with Crippen molar-refractivity contribution in [2.45, 2.75) is 38.3 Å². The lowest BCUT2D eigenvalue weighted by atomic mass is 10.2. The lowest BCUT2D eigenvalue weighted by Crippen LogP contribution is -2.35. The number of benzene rings is 1. The molecule has 0 unspecified atom stereocenters. The molecule has 0 radical (unpaired) electrons. The molecule has 1 aromatic rings. The quantitative estimate of drug-likeness (QED) is 0.568. The van der Waals surface area contributed by atoms with Crippen LogP contribution >= 0.6 is 0 Å². The molecular formula is C15H22O2Si. The first-order valence-corrected chi connectivity index (χ1v) is 9.96. The Morgan fingerprint density at radius 2 is 1.83 bits per heavy atom. The zero-order valence-electron chi connectivity index (χ0n) is 11.5. The third-order valence-electron chi connectivity index (χ3n) is 2.70. The Morgan fingerprint density at radius 3 is 2.39 bits per heavy atom. The molecule has 0 atom stereocenters. The first-order valence-electron chi connectivity index (χ1n) is 6.55. The molecule has 2 nitrogen and oxygen atoms in total. The van der Waals surface area contributed by atoms with Crippen LogP contribution in [-0.4, -0.2) is 20.7 Å². The summed E-state index contributed by atoms with van der Waals surface area (Å²) in [4.78, 5) is 0. The summed E-state index contributed by atoms with van der Waals surface area (Å²) in [7, 11) is -1.50. The van der Waals surface area contributed by atoms with E-state index in [9.17, 15) is 0 Å². The van der Waals surface area contributed by atoms with Crippen molar-refractivity contribution in [3.63, 3.8) is 0 Å². The third-order valence-corrected chi connectivity index (χ3v) is 3.69. The molecule has 1 aliphatic rings. The average molecular weight is 262 g/mol. The smallest absolute Gasteiger partial charge is 0.187 e. The van der Waals surface area contributed by atoms with Crippen molar-refractivity contribution in [1.82, 2.24) is 0 Å². The van der Waals surface area contributed by atoms with Gasteiger partial charge in [0.1, 0.15) is 0 Å². The summed E-state index contributed by atoms with van der Waals surface area (Å²) in [6, 6.07) is 10.3. The van der Waals surface area contributed by atoms with Gasteiger partial charge in [-0.2, -0.15) is 0 Å². The van der Waals surface area contributed by atoms with Crippen LogP contribution < -0.4 is 0 Å². The maximum absolute atomic E-state index is 6.07. The highest BCUT2D eigenvalue weighted by Gasteiger charge is 2.48. The van der Waals surface area contributed by atoms with E-state index in [1.807, 2.05) is 18.2 Å². The Morgan fingerprint density at radius 1 is 1.17 bits per heavy atom. The number of hydrogen-bond donors (Lipinski definition) is 0. The van der Waals surface area contributed by atoms with E-state index in [4.69, 9.17) is 9.16 Å². The van der Waals surface area contributed by atoms with E-state index in [-0.39, 0.29) is 5.79 Å². The van der Waals surface area contributed by atoms with Gasteiger partial charge in [0.25, 0.3) is 0 Å². The molecule has 0 heterocycles. The zero-order chi connectivity index (χ0) is 13.1. The van der Waals surface area contributed by atoms with Gasteiger partial charge in [-0.25, -0.2) is 0 Å². The predicted octanol–water partition coefficient (Wildman–Crippen LogP) is 4.06. The van der Waals surface area contributed by atoms with Crippen molar-refractivity contribution in [3.05, 3.63) is 42.0 Å². The van der Waals surface area contributed by atoms with Gasteiger partial charge >= 0.3 is 0 Å². The van der Waals surface area contributed by atoms with Crippen LogP contribution in [0.2, 0.25) is 19.6 Å². The molecule has 1 saturated carbocycles. The molecule has 2 rings (SSSR count). The minimum absolute atomic E-state index is 0.258. The topological polar surface area (TPSA) is 18.5 Å². The second-order valence-electron chi connectivity index (χ2n) is 5.75. The largest absolute Gasteiger partial charge is 0.391 e. The predicted molar refractivity (Wildman–Crippen MR) is 77.8 cm³/mol. The third kappa shape index (κ3) is 4.41. The molecule has 98 valence electrons. The molecule has 0 spiro atoms. The Labute approximate surface area is 111 Å². The Hall–Kier alpha value is -0.903. The van der Waals surface area contributed by atoms with Gasteiger partial charge < -0.3 is 9.16 Å². The molecule has 1 aromatic carbocycles. The maximum Gasteiger partial charge on any atom is 0.187 e. The van der Waals surface area contributed by atoms with E-state index in [0.29, 0.717) is 6.61 Å². The fraction of sp³-hybridized carbons (Fsp3) is 0.467. The molecule has 0 N–H and O–H groups in total. The van der Waals surface area contributed by atoms with Crippen LogP contribution in [0.5, 0.6) is 0 Å². The van der Waals surface area contributed by atoms with Crippen LogP contribution in [-0.2, 0) is 9.16 Å². The SMILES string of the molecule is C[Si](C)(C)OC1(OC/C=C/c2ccccc2)CC1. The highest BCUT2D eigenvalue weighted by atomic mass is 28.4. The first kappa shape index (κ1) is 13.5. The van der Waals surface area contributed by atoms with E-state index in [1.54, 1.807) is 0 Å². The Bertz CT molecular complexity index is 402. The number of hydrogen-bond acceptors (Lipinski definition) is 2. The molecule has 0 aliphatic heterocycles. The molecule has 0 bridgehead atoms. The van der Waals surface area contributed by atoms with Crippen molar-refractivity contribution in [1.29, 1.82) is 0 Å². The van der Waals surface area contributed by atoms with Crippen molar-refractivity contribution in [2.75, 3.05) is 6.61 Å². The standard InChI is InChI=1S/C15H22O2Si/c1-18(2,3)17-15(11-12-15)16-13-7-10-14-8-5-4-6-9-14/h4-10H,11-13H2,1-3H3/b10-7+. The number of ether oxygens (including phenoxy) is 1. The fourth-order valence-electron chi connectivity index (χ4n) is 1.88. The van der Waals surface area contributed by atoms with Crippen LogP contribution in [0.15, 0.2) is 36.4 Å². The summed E-state index contributed by atoms with van der Waals surface area (Å²) < 4.78 is 11.9. The Kier molecular flexibility index (Phi) is 4.05. The lowest BCUT2D eigenvalue weighted by molar-refractivity contribution is -0.100.